The summed E-state index contributed by atoms with van der Waals surface area (Å²) in [6, 6.07) is 14.4. The fourth-order valence-corrected chi connectivity index (χ4v) is 2.67. The van der Waals surface area contributed by atoms with E-state index < -0.39 is 30.0 Å². The minimum Gasteiger partial charge on any atom is -0.457 e. The highest BCUT2D eigenvalue weighted by molar-refractivity contribution is 5.61. The summed E-state index contributed by atoms with van der Waals surface area (Å²) in [5, 5.41) is 27.8. The van der Waals surface area contributed by atoms with Crippen molar-refractivity contribution in [1.29, 1.82) is 5.26 Å². The van der Waals surface area contributed by atoms with Gasteiger partial charge in [-0.3, -0.25) is 4.98 Å². The third-order valence-corrected chi connectivity index (χ3v) is 4.14. The number of hydrogen-bond acceptors (Lipinski definition) is 5. The third kappa shape index (κ3) is 4.71. The van der Waals surface area contributed by atoms with Gasteiger partial charge < -0.3 is 14.9 Å². The largest absolute Gasteiger partial charge is 0.457 e. The lowest BCUT2D eigenvalue weighted by atomic mass is 10.1. The van der Waals surface area contributed by atoms with E-state index in [0.29, 0.717) is 17.0 Å². The molecule has 29 heavy (non-hydrogen) atoms. The van der Waals surface area contributed by atoms with Crippen LogP contribution in [-0.4, -0.2) is 21.8 Å². The lowest BCUT2D eigenvalue weighted by Gasteiger charge is -2.12. The molecule has 148 valence electrons. The molecule has 8 heteroatoms. The zero-order chi connectivity index (χ0) is 21.0. The number of rotatable bonds is 5. The van der Waals surface area contributed by atoms with Gasteiger partial charge in [-0.05, 0) is 60.2 Å². The van der Waals surface area contributed by atoms with E-state index >= 15 is 0 Å². The topological polar surface area (TPSA) is 86.4 Å². The standard InChI is InChI=1S/C21H15F3N2O3/c22-21(23,24)18-6-5-17(9-15(18)11-25)29-16-3-1-13(2-4-16)19-10-14(7-8-26-19)20(28)12-27/h1-10,20,27-28H,12H2/t20-/m1/s1. The monoisotopic (exact) mass is 400 g/mol. The molecule has 0 unspecified atom stereocenters. The zero-order valence-corrected chi connectivity index (χ0v) is 14.9. The smallest absolute Gasteiger partial charge is 0.417 e. The molecule has 0 spiro atoms. The minimum atomic E-state index is -4.61. The Labute approximate surface area is 164 Å². The van der Waals surface area contributed by atoms with Crippen LogP contribution in [0.25, 0.3) is 11.3 Å². The fraction of sp³-hybridized carbons (Fsp3) is 0.143. The summed E-state index contributed by atoms with van der Waals surface area (Å²) >= 11 is 0. The third-order valence-electron chi connectivity index (χ3n) is 4.14. The summed E-state index contributed by atoms with van der Waals surface area (Å²) in [5.41, 5.74) is 0.276. The van der Waals surface area contributed by atoms with E-state index in [0.717, 1.165) is 23.8 Å². The van der Waals surface area contributed by atoms with Crippen LogP contribution < -0.4 is 4.74 Å². The Kier molecular flexibility index (Phi) is 5.82. The number of nitrogens with zero attached hydrogens (tertiary/aromatic N) is 2. The van der Waals surface area contributed by atoms with Crippen molar-refractivity contribution in [2.24, 2.45) is 0 Å². The average Bonchev–Trinajstić information content (AvgIpc) is 2.73. The predicted molar refractivity (Wildman–Crippen MR) is 98.0 cm³/mol. The van der Waals surface area contributed by atoms with E-state index in [1.165, 1.54) is 12.3 Å². The van der Waals surface area contributed by atoms with Crippen molar-refractivity contribution in [3.63, 3.8) is 0 Å². The van der Waals surface area contributed by atoms with Crippen molar-refractivity contribution in [2.45, 2.75) is 12.3 Å². The van der Waals surface area contributed by atoms with Crippen LogP contribution in [0.1, 0.15) is 22.8 Å². The summed E-state index contributed by atoms with van der Waals surface area (Å²) in [5.74, 6) is 0.470. The molecular formula is C21H15F3N2O3. The van der Waals surface area contributed by atoms with Crippen molar-refractivity contribution < 1.29 is 28.1 Å². The Balaban J connectivity index is 1.81. The minimum absolute atomic E-state index is 0.105. The van der Waals surface area contributed by atoms with Gasteiger partial charge in [0.25, 0.3) is 0 Å². The number of pyridine rings is 1. The van der Waals surface area contributed by atoms with Crippen LogP contribution in [0.15, 0.2) is 60.8 Å². The highest BCUT2D eigenvalue weighted by atomic mass is 19.4. The number of ether oxygens (including phenoxy) is 1. The van der Waals surface area contributed by atoms with Crippen LogP contribution in [0.2, 0.25) is 0 Å². The first kappa shape index (κ1) is 20.3. The van der Waals surface area contributed by atoms with Crippen molar-refractivity contribution >= 4 is 0 Å². The molecule has 1 aromatic heterocycles. The van der Waals surface area contributed by atoms with Gasteiger partial charge in [0.15, 0.2) is 0 Å². The first-order valence-electron chi connectivity index (χ1n) is 8.46. The van der Waals surface area contributed by atoms with E-state index in [9.17, 15) is 18.3 Å². The van der Waals surface area contributed by atoms with Gasteiger partial charge in [0, 0.05) is 11.8 Å². The molecule has 0 aliphatic heterocycles. The summed E-state index contributed by atoms with van der Waals surface area (Å²) in [6.45, 7) is -0.409. The van der Waals surface area contributed by atoms with Gasteiger partial charge in [0.2, 0.25) is 0 Å². The average molecular weight is 400 g/mol. The van der Waals surface area contributed by atoms with E-state index in [1.54, 1.807) is 36.4 Å². The maximum atomic E-state index is 12.9. The first-order valence-corrected chi connectivity index (χ1v) is 8.46. The second kappa shape index (κ2) is 8.31. The van der Waals surface area contributed by atoms with Gasteiger partial charge in [0.05, 0.1) is 29.5 Å². The van der Waals surface area contributed by atoms with Crippen LogP contribution in [0, 0.1) is 11.3 Å². The van der Waals surface area contributed by atoms with Gasteiger partial charge in [-0.1, -0.05) is 0 Å². The number of nitriles is 1. The molecular weight excluding hydrogens is 385 g/mol. The Hall–Kier alpha value is -3.41. The SMILES string of the molecule is N#Cc1cc(Oc2ccc(-c3cc([C@H](O)CO)ccn3)cc2)ccc1C(F)(F)F. The number of aliphatic hydroxyl groups excluding tert-OH is 2. The quantitative estimate of drug-likeness (QED) is 0.661. The van der Waals surface area contributed by atoms with Crippen LogP contribution in [0.3, 0.4) is 0 Å². The highest BCUT2D eigenvalue weighted by Crippen LogP contribution is 2.34. The molecule has 0 saturated carbocycles. The van der Waals surface area contributed by atoms with Crippen LogP contribution in [0.4, 0.5) is 13.2 Å². The van der Waals surface area contributed by atoms with Crippen molar-refractivity contribution in [2.75, 3.05) is 6.61 Å². The second-order valence-electron chi connectivity index (χ2n) is 6.12. The van der Waals surface area contributed by atoms with Gasteiger partial charge in [-0.2, -0.15) is 18.4 Å². The molecule has 0 aliphatic carbocycles. The summed E-state index contributed by atoms with van der Waals surface area (Å²) < 4.78 is 44.2. The number of aromatic nitrogens is 1. The number of hydrogen-bond donors (Lipinski definition) is 2. The zero-order valence-electron chi connectivity index (χ0n) is 14.9. The molecule has 1 heterocycles. The molecule has 0 aliphatic rings. The summed E-state index contributed by atoms with van der Waals surface area (Å²) in [7, 11) is 0. The van der Waals surface area contributed by atoms with Crippen LogP contribution in [0.5, 0.6) is 11.5 Å². The molecule has 5 nitrogen and oxygen atoms in total. The van der Waals surface area contributed by atoms with Gasteiger partial charge >= 0.3 is 6.18 Å². The molecule has 3 rings (SSSR count). The van der Waals surface area contributed by atoms with Gasteiger partial charge in [0.1, 0.15) is 17.6 Å². The highest BCUT2D eigenvalue weighted by Gasteiger charge is 2.33. The molecule has 0 bridgehead atoms. The van der Waals surface area contributed by atoms with Crippen molar-refractivity contribution in [3.05, 3.63) is 77.5 Å². The van der Waals surface area contributed by atoms with E-state index in [-0.39, 0.29) is 5.75 Å². The van der Waals surface area contributed by atoms with Crippen LogP contribution in [-0.2, 0) is 6.18 Å². The van der Waals surface area contributed by atoms with E-state index in [1.807, 2.05) is 0 Å². The van der Waals surface area contributed by atoms with Crippen molar-refractivity contribution in [3.8, 4) is 28.8 Å². The molecule has 2 N–H and O–H groups in total. The molecule has 2 aromatic carbocycles. The Morgan fingerprint density at radius 2 is 1.72 bits per heavy atom. The summed E-state index contributed by atoms with van der Waals surface area (Å²) in [6.07, 6.45) is -4.11. The molecule has 0 saturated heterocycles. The maximum Gasteiger partial charge on any atom is 0.417 e. The van der Waals surface area contributed by atoms with E-state index in [4.69, 9.17) is 15.1 Å². The number of halogens is 3. The molecule has 0 amide bonds. The number of benzene rings is 2. The Morgan fingerprint density at radius 1 is 1.03 bits per heavy atom. The molecule has 3 aromatic rings. The Morgan fingerprint density at radius 3 is 2.34 bits per heavy atom. The van der Waals surface area contributed by atoms with E-state index in [2.05, 4.69) is 4.98 Å². The lowest BCUT2D eigenvalue weighted by Crippen LogP contribution is -2.07. The van der Waals surface area contributed by atoms with Gasteiger partial charge in [-0.15, -0.1) is 0 Å². The summed E-state index contributed by atoms with van der Waals surface area (Å²) in [4.78, 5) is 4.22. The molecule has 0 radical (unpaired) electrons. The normalized spacial score (nSPS) is 12.3. The maximum absolute atomic E-state index is 12.9. The predicted octanol–water partition coefficient (Wildman–Crippen LogP) is 4.46. The first-order chi connectivity index (χ1) is 13.8. The fourth-order valence-electron chi connectivity index (χ4n) is 2.67. The number of alkyl halides is 3. The second-order valence-corrected chi connectivity index (χ2v) is 6.12. The lowest BCUT2D eigenvalue weighted by molar-refractivity contribution is -0.137. The Bertz CT molecular complexity index is 1040. The van der Waals surface area contributed by atoms with Gasteiger partial charge in [-0.25, -0.2) is 0 Å². The number of aliphatic hydroxyl groups is 2. The molecule has 1 atom stereocenters. The van der Waals surface area contributed by atoms with Crippen LogP contribution >= 0.6 is 0 Å². The molecule has 0 fully saturated rings. The van der Waals surface area contributed by atoms with Crippen molar-refractivity contribution in [1.82, 2.24) is 4.98 Å².